The molecule has 0 spiro atoms. The van der Waals surface area contributed by atoms with E-state index in [0.29, 0.717) is 12.0 Å². The fourth-order valence-electron chi connectivity index (χ4n) is 2.05. The Balaban J connectivity index is 2.01. The molecule has 2 aromatic rings. The van der Waals surface area contributed by atoms with Gasteiger partial charge in [-0.15, -0.1) is 0 Å². The first-order valence-corrected chi connectivity index (χ1v) is 6.25. The number of hydrogen-bond donors (Lipinski definition) is 1. The van der Waals surface area contributed by atoms with Crippen LogP contribution in [0.1, 0.15) is 23.6 Å². The third-order valence-corrected chi connectivity index (χ3v) is 2.97. The molecular formula is C15H19N3. The molecule has 1 unspecified atom stereocenters. The minimum atomic E-state index is 0.314. The smallest absolute Gasteiger partial charge is 0.222 e. The Labute approximate surface area is 108 Å². The maximum absolute atomic E-state index is 4.17. The van der Waals surface area contributed by atoms with Crippen molar-refractivity contribution in [1.82, 2.24) is 9.97 Å². The molecule has 1 atom stereocenters. The molecule has 0 fully saturated rings. The lowest BCUT2D eigenvalue weighted by atomic mass is 10.00. The summed E-state index contributed by atoms with van der Waals surface area (Å²) in [5.41, 5.74) is 4.03. The topological polar surface area (TPSA) is 37.8 Å². The molecular weight excluding hydrogens is 222 g/mol. The molecule has 0 aliphatic rings. The van der Waals surface area contributed by atoms with E-state index in [0.717, 1.165) is 6.42 Å². The summed E-state index contributed by atoms with van der Waals surface area (Å²) in [6.07, 6.45) is 4.47. The molecule has 3 heteroatoms. The van der Waals surface area contributed by atoms with E-state index in [-0.39, 0.29) is 0 Å². The Kier molecular flexibility index (Phi) is 3.92. The van der Waals surface area contributed by atoms with Gasteiger partial charge in [-0.25, -0.2) is 9.97 Å². The van der Waals surface area contributed by atoms with Crippen molar-refractivity contribution < 1.29 is 0 Å². The van der Waals surface area contributed by atoms with Crippen molar-refractivity contribution in [3.05, 3.63) is 53.3 Å². The van der Waals surface area contributed by atoms with Crippen molar-refractivity contribution in [3.63, 3.8) is 0 Å². The second kappa shape index (κ2) is 5.63. The van der Waals surface area contributed by atoms with E-state index in [2.05, 4.69) is 54.3 Å². The zero-order chi connectivity index (χ0) is 13.0. The monoisotopic (exact) mass is 241 g/mol. The Morgan fingerprint density at radius 2 is 1.89 bits per heavy atom. The summed E-state index contributed by atoms with van der Waals surface area (Å²) >= 11 is 0. The minimum Gasteiger partial charge on any atom is -0.351 e. The van der Waals surface area contributed by atoms with Crippen LogP contribution in [0.4, 0.5) is 5.95 Å². The minimum absolute atomic E-state index is 0.314. The molecule has 18 heavy (non-hydrogen) atoms. The summed E-state index contributed by atoms with van der Waals surface area (Å²) in [6.45, 7) is 6.43. The van der Waals surface area contributed by atoms with Gasteiger partial charge in [0.15, 0.2) is 0 Å². The fraction of sp³-hybridized carbons (Fsp3) is 0.333. The lowest BCUT2D eigenvalue weighted by Gasteiger charge is -2.15. The highest BCUT2D eigenvalue weighted by Crippen LogP contribution is 2.13. The van der Waals surface area contributed by atoms with Gasteiger partial charge in [-0.1, -0.05) is 23.8 Å². The number of hydrogen-bond acceptors (Lipinski definition) is 3. The van der Waals surface area contributed by atoms with E-state index >= 15 is 0 Å². The second-order valence-corrected chi connectivity index (χ2v) is 4.75. The number of rotatable bonds is 4. The highest BCUT2D eigenvalue weighted by atomic mass is 15.1. The zero-order valence-electron chi connectivity index (χ0n) is 11.1. The average molecular weight is 241 g/mol. The van der Waals surface area contributed by atoms with Crippen molar-refractivity contribution in [2.45, 2.75) is 33.2 Å². The first-order chi connectivity index (χ1) is 8.65. The van der Waals surface area contributed by atoms with E-state index < -0.39 is 0 Å². The summed E-state index contributed by atoms with van der Waals surface area (Å²) in [6, 6.07) is 8.72. The molecule has 2 rings (SSSR count). The summed E-state index contributed by atoms with van der Waals surface area (Å²) in [5.74, 6) is 0.690. The van der Waals surface area contributed by atoms with Crippen LogP contribution in [-0.4, -0.2) is 16.0 Å². The lowest BCUT2D eigenvalue weighted by Crippen LogP contribution is -2.20. The number of aryl methyl sites for hydroxylation is 2. The normalized spacial score (nSPS) is 12.2. The Morgan fingerprint density at radius 1 is 1.17 bits per heavy atom. The van der Waals surface area contributed by atoms with Crippen LogP contribution in [-0.2, 0) is 6.42 Å². The molecule has 1 aromatic heterocycles. The largest absolute Gasteiger partial charge is 0.351 e. The van der Waals surface area contributed by atoms with Crippen molar-refractivity contribution in [2.75, 3.05) is 5.32 Å². The maximum Gasteiger partial charge on any atom is 0.222 e. The van der Waals surface area contributed by atoms with E-state index in [1.54, 1.807) is 12.4 Å². The van der Waals surface area contributed by atoms with Crippen LogP contribution in [0.2, 0.25) is 0 Å². The molecule has 94 valence electrons. The molecule has 0 saturated heterocycles. The van der Waals surface area contributed by atoms with Gasteiger partial charge < -0.3 is 5.32 Å². The standard InChI is InChI=1S/C15H19N3/c1-11-5-6-14(12(2)9-11)10-13(3)18-15-16-7-4-8-17-15/h4-9,13H,10H2,1-3H3,(H,16,17,18). The molecule has 0 aliphatic carbocycles. The van der Waals surface area contributed by atoms with E-state index in [4.69, 9.17) is 0 Å². The highest BCUT2D eigenvalue weighted by molar-refractivity contribution is 5.32. The Bertz CT molecular complexity index is 508. The Morgan fingerprint density at radius 3 is 2.56 bits per heavy atom. The average Bonchev–Trinajstić information content (AvgIpc) is 2.34. The molecule has 0 aliphatic heterocycles. The molecule has 0 saturated carbocycles. The van der Waals surface area contributed by atoms with Gasteiger partial charge >= 0.3 is 0 Å². The number of anilines is 1. The molecule has 0 bridgehead atoms. The lowest BCUT2D eigenvalue weighted by molar-refractivity contribution is 0.773. The first kappa shape index (κ1) is 12.6. The van der Waals surface area contributed by atoms with Crippen molar-refractivity contribution in [2.24, 2.45) is 0 Å². The van der Waals surface area contributed by atoms with Gasteiger partial charge in [0.25, 0.3) is 0 Å². The molecule has 3 nitrogen and oxygen atoms in total. The van der Waals surface area contributed by atoms with Gasteiger partial charge in [-0.05, 0) is 44.4 Å². The Hall–Kier alpha value is -1.90. The predicted octanol–water partition coefficient (Wildman–Crippen LogP) is 3.14. The highest BCUT2D eigenvalue weighted by Gasteiger charge is 2.07. The number of nitrogens with one attached hydrogen (secondary N) is 1. The summed E-state index contributed by atoms with van der Waals surface area (Å²) < 4.78 is 0. The van der Waals surface area contributed by atoms with Crippen LogP contribution in [0.25, 0.3) is 0 Å². The third-order valence-electron chi connectivity index (χ3n) is 2.97. The maximum atomic E-state index is 4.17. The van der Waals surface area contributed by atoms with Crippen molar-refractivity contribution >= 4 is 5.95 Å². The molecule has 1 aromatic carbocycles. The summed E-state index contributed by atoms with van der Waals surface area (Å²) in [5, 5.41) is 3.31. The molecule has 1 heterocycles. The SMILES string of the molecule is Cc1ccc(CC(C)Nc2ncccn2)c(C)c1. The van der Waals surface area contributed by atoms with Crippen LogP contribution < -0.4 is 5.32 Å². The van der Waals surface area contributed by atoms with Crippen LogP contribution >= 0.6 is 0 Å². The van der Waals surface area contributed by atoms with Crippen LogP contribution in [0.3, 0.4) is 0 Å². The number of benzene rings is 1. The summed E-state index contributed by atoms with van der Waals surface area (Å²) in [4.78, 5) is 8.35. The van der Waals surface area contributed by atoms with Crippen LogP contribution in [0.5, 0.6) is 0 Å². The quantitative estimate of drug-likeness (QED) is 0.893. The van der Waals surface area contributed by atoms with Gasteiger partial charge in [0.2, 0.25) is 5.95 Å². The fourth-order valence-corrected chi connectivity index (χ4v) is 2.05. The van der Waals surface area contributed by atoms with E-state index in [1.807, 2.05) is 6.07 Å². The second-order valence-electron chi connectivity index (χ2n) is 4.75. The number of aromatic nitrogens is 2. The third kappa shape index (κ3) is 3.29. The molecule has 1 N–H and O–H groups in total. The first-order valence-electron chi connectivity index (χ1n) is 6.25. The zero-order valence-corrected chi connectivity index (χ0v) is 11.1. The van der Waals surface area contributed by atoms with Gasteiger partial charge in [-0.2, -0.15) is 0 Å². The van der Waals surface area contributed by atoms with Gasteiger partial charge in [-0.3, -0.25) is 0 Å². The molecule has 0 radical (unpaired) electrons. The van der Waals surface area contributed by atoms with Gasteiger partial charge in [0, 0.05) is 18.4 Å². The number of nitrogens with zero attached hydrogens (tertiary/aromatic N) is 2. The van der Waals surface area contributed by atoms with Crippen molar-refractivity contribution in [3.8, 4) is 0 Å². The van der Waals surface area contributed by atoms with E-state index in [1.165, 1.54) is 16.7 Å². The van der Waals surface area contributed by atoms with Gasteiger partial charge in [0.1, 0.15) is 0 Å². The van der Waals surface area contributed by atoms with Gasteiger partial charge in [0.05, 0.1) is 0 Å². The predicted molar refractivity (Wildman–Crippen MR) is 74.7 cm³/mol. The van der Waals surface area contributed by atoms with Crippen LogP contribution in [0, 0.1) is 13.8 Å². The van der Waals surface area contributed by atoms with E-state index in [9.17, 15) is 0 Å². The van der Waals surface area contributed by atoms with Crippen molar-refractivity contribution in [1.29, 1.82) is 0 Å². The summed E-state index contributed by atoms with van der Waals surface area (Å²) in [7, 11) is 0. The molecule has 0 amide bonds. The van der Waals surface area contributed by atoms with Crippen LogP contribution in [0.15, 0.2) is 36.7 Å².